The minimum Gasteiger partial charge on any atom is -0.346 e. The molecule has 1 heterocycles. The molecule has 0 aliphatic rings. The Morgan fingerprint density at radius 1 is 1.31 bits per heavy atom. The molecular formula is C17H27Cl2N5OS. The van der Waals surface area contributed by atoms with E-state index in [0.29, 0.717) is 18.0 Å². The quantitative estimate of drug-likeness (QED) is 0.569. The van der Waals surface area contributed by atoms with Crippen molar-refractivity contribution in [2.75, 3.05) is 6.54 Å². The monoisotopic (exact) mass is 419 g/mol. The summed E-state index contributed by atoms with van der Waals surface area (Å²) in [5.74, 6) is 1.15. The SMILES string of the molecule is CC(C)CC(C)(CN)NC(=O)c1ccc(CSc2ncn[nH]2)cc1.Cl.Cl. The average Bonchev–Trinajstić information content (AvgIpc) is 3.06. The maximum atomic E-state index is 12.5. The molecule has 4 N–H and O–H groups in total. The van der Waals surface area contributed by atoms with Crippen molar-refractivity contribution < 1.29 is 4.79 Å². The molecule has 0 spiro atoms. The third kappa shape index (κ3) is 7.53. The normalized spacial score (nSPS) is 12.7. The molecule has 0 bridgehead atoms. The van der Waals surface area contributed by atoms with Gasteiger partial charge in [0.15, 0.2) is 5.16 Å². The van der Waals surface area contributed by atoms with E-state index in [9.17, 15) is 4.79 Å². The van der Waals surface area contributed by atoms with E-state index in [1.54, 1.807) is 11.8 Å². The predicted octanol–water partition coefficient (Wildman–Crippen LogP) is 3.43. The van der Waals surface area contributed by atoms with Gasteiger partial charge in [0, 0.05) is 23.4 Å². The molecule has 2 aromatic rings. The fraction of sp³-hybridized carbons (Fsp3) is 0.471. The van der Waals surface area contributed by atoms with Crippen molar-refractivity contribution in [3.8, 4) is 0 Å². The zero-order valence-electron chi connectivity index (χ0n) is 15.2. The molecule has 1 unspecified atom stereocenters. The van der Waals surface area contributed by atoms with Gasteiger partial charge in [0.2, 0.25) is 0 Å². The first-order valence-electron chi connectivity index (χ1n) is 8.01. The van der Waals surface area contributed by atoms with Crippen molar-refractivity contribution in [2.24, 2.45) is 11.7 Å². The number of halogens is 2. The average molecular weight is 420 g/mol. The van der Waals surface area contributed by atoms with Crippen LogP contribution in [0.5, 0.6) is 0 Å². The molecule has 146 valence electrons. The third-order valence-electron chi connectivity index (χ3n) is 3.71. The lowest BCUT2D eigenvalue weighted by Crippen LogP contribution is -2.52. The highest BCUT2D eigenvalue weighted by atomic mass is 35.5. The maximum Gasteiger partial charge on any atom is 0.251 e. The number of hydrogen-bond donors (Lipinski definition) is 3. The molecule has 0 radical (unpaired) electrons. The Bertz CT molecular complexity index is 652. The Hall–Kier alpha value is -1.28. The highest BCUT2D eigenvalue weighted by Gasteiger charge is 2.26. The van der Waals surface area contributed by atoms with Gasteiger partial charge in [0.05, 0.1) is 0 Å². The smallest absolute Gasteiger partial charge is 0.251 e. The molecule has 1 aromatic carbocycles. The summed E-state index contributed by atoms with van der Waals surface area (Å²) >= 11 is 1.57. The van der Waals surface area contributed by atoms with Crippen LogP contribution in [-0.2, 0) is 5.75 Å². The summed E-state index contributed by atoms with van der Waals surface area (Å²) in [4.78, 5) is 16.5. The van der Waals surface area contributed by atoms with Crippen LogP contribution in [0.3, 0.4) is 0 Å². The molecular weight excluding hydrogens is 393 g/mol. The van der Waals surface area contributed by atoms with E-state index in [-0.39, 0.29) is 36.3 Å². The number of carbonyl (C=O) groups excluding carboxylic acids is 1. The van der Waals surface area contributed by atoms with E-state index in [1.165, 1.54) is 6.33 Å². The Morgan fingerprint density at radius 3 is 2.46 bits per heavy atom. The highest BCUT2D eigenvalue weighted by Crippen LogP contribution is 2.19. The van der Waals surface area contributed by atoms with Crippen LogP contribution in [0.4, 0.5) is 0 Å². The fourth-order valence-electron chi connectivity index (χ4n) is 2.60. The molecule has 2 rings (SSSR count). The van der Waals surface area contributed by atoms with Crippen LogP contribution in [-0.4, -0.2) is 33.2 Å². The Morgan fingerprint density at radius 2 is 1.96 bits per heavy atom. The van der Waals surface area contributed by atoms with Crippen molar-refractivity contribution in [1.29, 1.82) is 0 Å². The second kappa shape index (κ2) is 11.4. The number of aromatic amines is 1. The van der Waals surface area contributed by atoms with Gasteiger partial charge in [-0.2, -0.15) is 5.10 Å². The second-order valence-electron chi connectivity index (χ2n) is 6.59. The van der Waals surface area contributed by atoms with Gasteiger partial charge in [-0.1, -0.05) is 37.7 Å². The summed E-state index contributed by atoms with van der Waals surface area (Å²) in [6.07, 6.45) is 2.34. The van der Waals surface area contributed by atoms with Gasteiger partial charge in [0.1, 0.15) is 6.33 Å². The summed E-state index contributed by atoms with van der Waals surface area (Å²) in [5, 5.41) is 10.5. The van der Waals surface area contributed by atoms with Gasteiger partial charge >= 0.3 is 0 Å². The first-order valence-corrected chi connectivity index (χ1v) is 9.00. The molecule has 1 amide bonds. The molecule has 0 saturated heterocycles. The van der Waals surface area contributed by atoms with Crippen molar-refractivity contribution in [3.63, 3.8) is 0 Å². The standard InChI is InChI=1S/C17H25N5OS.2ClH/c1-12(2)8-17(3,10-18)21-15(23)14-6-4-13(5-7-14)9-24-16-19-11-20-22-16;;/h4-7,11-12H,8-10,18H2,1-3H3,(H,21,23)(H,19,20,22);2*1H. The van der Waals surface area contributed by atoms with Crippen LogP contribution in [0.2, 0.25) is 0 Å². The number of nitrogens with one attached hydrogen (secondary N) is 2. The zero-order valence-corrected chi connectivity index (χ0v) is 17.6. The van der Waals surface area contributed by atoms with E-state index in [4.69, 9.17) is 5.73 Å². The first-order chi connectivity index (χ1) is 11.4. The molecule has 0 aliphatic heterocycles. The van der Waals surface area contributed by atoms with Crippen molar-refractivity contribution in [2.45, 2.75) is 43.6 Å². The highest BCUT2D eigenvalue weighted by molar-refractivity contribution is 7.98. The largest absolute Gasteiger partial charge is 0.346 e. The lowest BCUT2D eigenvalue weighted by atomic mass is 9.90. The number of thioether (sulfide) groups is 1. The number of aromatic nitrogens is 3. The van der Waals surface area contributed by atoms with Gasteiger partial charge < -0.3 is 11.1 Å². The summed E-state index contributed by atoms with van der Waals surface area (Å²) in [6, 6.07) is 7.61. The molecule has 0 fully saturated rings. The summed E-state index contributed by atoms with van der Waals surface area (Å²) in [7, 11) is 0. The summed E-state index contributed by atoms with van der Waals surface area (Å²) in [6.45, 7) is 6.66. The Kier molecular flexibility index (Phi) is 10.9. The van der Waals surface area contributed by atoms with Crippen molar-refractivity contribution >= 4 is 42.5 Å². The number of rotatable bonds is 8. The number of nitrogens with two attached hydrogens (primary N) is 1. The summed E-state index contributed by atoms with van der Waals surface area (Å²) in [5.41, 5.74) is 7.24. The van der Waals surface area contributed by atoms with Gasteiger partial charge in [0.25, 0.3) is 5.91 Å². The van der Waals surface area contributed by atoms with Crippen molar-refractivity contribution in [3.05, 3.63) is 41.7 Å². The number of amides is 1. The Labute approximate surface area is 171 Å². The van der Waals surface area contributed by atoms with Crippen LogP contribution in [0.15, 0.2) is 35.7 Å². The van der Waals surface area contributed by atoms with Gasteiger partial charge in [-0.05, 0) is 37.0 Å². The van der Waals surface area contributed by atoms with E-state index >= 15 is 0 Å². The van der Waals surface area contributed by atoms with E-state index in [0.717, 1.165) is 22.9 Å². The van der Waals surface area contributed by atoms with Gasteiger partial charge in [-0.15, -0.1) is 24.8 Å². The molecule has 6 nitrogen and oxygen atoms in total. The molecule has 0 aliphatic carbocycles. The molecule has 9 heteroatoms. The van der Waals surface area contributed by atoms with Crippen LogP contribution in [0.25, 0.3) is 0 Å². The summed E-state index contributed by atoms with van der Waals surface area (Å²) < 4.78 is 0. The minimum atomic E-state index is -0.383. The number of hydrogen-bond acceptors (Lipinski definition) is 5. The van der Waals surface area contributed by atoms with E-state index < -0.39 is 0 Å². The van der Waals surface area contributed by atoms with Crippen molar-refractivity contribution in [1.82, 2.24) is 20.5 Å². The first kappa shape index (κ1) is 24.7. The topological polar surface area (TPSA) is 96.7 Å². The third-order valence-corrected chi connectivity index (χ3v) is 4.66. The number of benzene rings is 1. The number of carbonyl (C=O) groups is 1. The molecule has 0 saturated carbocycles. The molecule has 1 aromatic heterocycles. The van der Waals surface area contributed by atoms with Crippen LogP contribution in [0, 0.1) is 5.92 Å². The van der Waals surface area contributed by atoms with Crippen LogP contribution >= 0.6 is 36.6 Å². The lowest BCUT2D eigenvalue weighted by Gasteiger charge is -2.31. The second-order valence-corrected chi connectivity index (χ2v) is 7.56. The van der Waals surface area contributed by atoms with Crippen LogP contribution < -0.4 is 11.1 Å². The van der Waals surface area contributed by atoms with Crippen LogP contribution in [0.1, 0.15) is 43.1 Å². The zero-order chi connectivity index (χ0) is 17.6. The predicted molar refractivity (Wildman–Crippen MR) is 111 cm³/mol. The van der Waals surface area contributed by atoms with Gasteiger partial charge in [-0.3, -0.25) is 9.89 Å². The molecule has 1 atom stereocenters. The molecule has 26 heavy (non-hydrogen) atoms. The van der Waals surface area contributed by atoms with E-state index in [1.807, 2.05) is 31.2 Å². The lowest BCUT2D eigenvalue weighted by molar-refractivity contribution is 0.0898. The van der Waals surface area contributed by atoms with Gasteiger partial charge in [-0.25, -0.2) is 4.98 Å². The fourth-order valence-corrected chi connectivity index (χ4v) is 3.34. The minimum absolute atomic E-state index is 0. The number of H-pyrrole nitrogens is 1. The van der Waals surface area contributed by atoms with E-state index in [2.05, 4.69) is 34.3 Å². The Balaban J connectivity index is 0.00000312. The maximum absolute atomic E-state index is 12.5. The number of nitrogens with zero attached hydrogens (tertiary/aromatic N) is 2.